The smallest absolute Gasteiger partial charge is 0.283 e. The lowest BCUT2D eigenvalue weighted by molar-refractivity contribution is -0.385. The van der Waals surface area contributed by atoms with Crippen molar-refractivity contribution in [2.45, 2.75) is 26.3 Å². The Morgan fingerprint density at radius 1 is 1.59 bits per heavy atom. The largest absolute Gasteiger partial charge is 0.349 e. The predicted octanol–water partition coefficient (Wildman–Crippen LogP) is 2.78. The minimum atomic E-state index is -0.614. The molecule has 1 atom stereocenters. The third-order valence-electron chi connectivity index (χ3n) is 2.41. The Morgan fingerprint density at radius 3 is 2.76 bits per heavy atom. The molecule has 6 heteroatoms. The maximum absolute atomic E-state index is 11.9. The van der Waals surface area contributed by atoms with E-state index in [1.54, 1.807) is 0 Å². The molecule has 0 aliphatic carbocycles. The summed E-state index contributed by atoms with van der Waals surface area (Å²) in [6.07, 6.45) is 0.740. The van der Waals surface area contributed by atoms with Gasteiger partial charge in [0.2, 0.25) is 0 Å². The molecule has 1 aromatic rings. The van der Waals surface area contributed by atoms with Crippen molar-refractivity contribution in [2.75, 3.05) is 0 Å². The molecule has 92 valence electrons. The topological polar surface area (TPSA) is 72.2 Å². The molecule has 0 saturated heterocycles. The maximum Gasteiger partial charge on any atom is 0.283 e. The van der Waals surface area contributed by atoms with E-state index in [0.29, 0.717) is 0 Å². The van der Waals surface area contributed by atoms with E-state index in [0.717, 1.165) is 6.42 Å². The first-order chi connectivity index (χ1) is 7.97. The van der Waals surface area contributed by atoms with Crippen LogP contribution >= 0.6 is 11.6 Å². The van der Waals surface area contributed by atoms with Gasteiger partial charge in [0.05, 0.1) is 9.95 Å². The zero-order valence-corrected chi connectivity index (χ0v) is 10.3. The van der Waals surface area contributed by atoms with Gasteiger partial charge in [0.1, 0.15) is 5.56 Å². The summed E-state index contributed by atoms with van der Waals surface area (Å²) in [6, 6.07) is 4.11. The summed E-state index contributed by atoms with van der Waals surface area (Å²) in [7, 11) is 0. The minimum absolute atomic E-state index is 0.0571. The van der Waals surface area contributed by atoms with E-state index in [9.17, 15) is 14.9 Å². The molecule has 0 radical (unpaired) electrons. The molecule has 0 aromatic heterocycles. The molecule has 1 aromatic carbocycles. The van der Waals surface area contributed by atoms with Gasteiger partial charge in [-0.05, 0) is 19.4 Å². The number of hydrogen-bond donors (Lipinski definition) is 1. The molecule has 17 heavy (non-hydrogen) atoms. The molecule has 0 aliphatic rings. The summed E-state index contributed by atoms with van der Waals surface area (Å²) in [4.78, 5) is 22.0. The highest BCUT2D eigenvalue weighted by atomic mass is 35.5. The lowest BCUT2D eigenvalue weighted by atomic mass is 10.1. The summed E-state index contributed by atoms with van der Waals surface area (Å²) in [6.45, 7) is 3.73. The summed E-state index contributed by atoms with van der Waals surface area (Å²) in [5.41, 5.74) is -0.363. The van der Waals surface area contributed by atoms with Crippen LogP contribution in [0.4, 0.5) is 5.69 Å². The Bertz CT molecular complexity index is 448. The molecule has 0 bridgehead atoms. The number of carbonyl (C=O) groups excluding carboxylic acids is 1. The number of nitro benzene ring substituents is 1. The van der Waals surface area contributed by atoms with E-state index in [2.05, 4.69) is 5.32 Å². The second kappa shape index (κ2) is 5.63. The average molecular weight is 257 g/mol. The second-order valence-corrected chi connectivity index (χ2v) is 4.08. The molecule has 0 aliphatic heterocycles. The lowest BCUT2D eigenvalue weighted by Crippen LogP contribution is -2.32. The van der Waals surface area contributed by atoms with Crippen molar-refractivity contribution in [2.24, 2.45) is 0 Å². The fourth-order valence-electron chi connectivity index (χ4n) is 1.29. The Morgan fingerprint density at radius 2 is 2.24 bits per heavy atom. The summed E-state index contributed by atoms with van der Waals surface area (Å²) in [5, 5.41) is 13.5. The number of amides is 1. The lowest BCUT2D eigenvalue weighted by Gasteiger charge is -2.12. The Labute approximate surface area is 104 Å². The number of carbonyl (C=O) groups is 1. The Balaban J connectivity index is 3.11. The number of nitro groups is 1. The van der Waals surface area contributed by atoms with Crippen molar-refractivity contribution in [1.82, 2.24) is 5.32 Å². The highest BCUT2D eigenvalue weighted by Gasteiger charge is 2.23. The van der Waals surface area contributed by atoms with E-state index in [-0.39, 0.29) is 22.3 Å². The first-order valence-corrected chi connectivity index (χ1v) is 5.59. The number of halogens is 1. The van der Waals surface area contributed by atoms with Gasteiger partial charge in [-0.3, -0.25) is 14.9 Å². The second-order valence-electron chi connectivity index (χ2n) is 3.67. The Hall–Kier alpha value is -1.62. The zero-order chi connectivity index (χ0) is 13.0. The van der Waals surface area contributed by atoms with Crippen LogP contribution in [-0.4, -0.2) is 16.9 Å². The van der Waals surface area contributed by atoms with E-state index in [4.69, 9.17) is 11.6 Å². The molecule has 0 spiro atoms. The predicted molar refractivity (Wildman–Crippen MR) is 65.3 cm³/mol. The first kappa shape index (κ1) is 13.4. The van der Waals surface area contributed by atoms with Gasteiger partial charge in [0.25, 0.3) is 11.6 Å². The summed E-state index contributed by atoms with van der Waals surface area (Å²) < 4.78 is 0. The molecule has 5 nitrogen and oxygen atoms in total. The van der Waals surface area contributed by atoms with E-state index in [1.807, 2.05) is 13.8 Å². The van der Waals surface area contributed by atoms with Crippen LogP contribution in [0.5, 0.6) is 0 Å². The van der Waals surface area contributed by atoms with Crippen molar-refractivity contribution < 1.29 is 9.72 Å². The molecule has 0 heterocycles. The quantitative estimate of drug-likeness (QED) is 0.665. The van der Waals surface area contributed by atoms with Gasteiger partial charge < -0.3 is 5.32 Å². The molecule has 0 fully saturated rings. The standard InChI is InChI=1S/C11H13ClN2O3/c1-3-7(2)13-11(15)10-8(12)5-4-6-9(10)14(16)17/h4-7H,3H2,1-2H3,(H,13,15). The molecule has 1 rings (SSSR count). The zero-order valence-electron chi connectivity index (χ0n) is 9.57. The van der Waals surface area contributed by atoms with Crippen LogP contribution in [0.3, 0.4) is 0 Å². The maximum atomic E-state index is 11.9. The van der Waals surface area contributed by atoms with Crippen LogP contribution in [0.1, 0.15) is 30.6 Å². The van der Waals surface area contributed by atoms with Crippen molar-refractivity contribution in [3.8, 4) is 0 Å². The third kappa shape index (κ3) is 3.17. The van der Waals surface area contributed by atoms with Crippen molar-refractivity contribution >= 4 is 23.2 Å². The normalized spacial score (nSPS) is 11.9. The molecule has 1 unspecified atom stereocenters. The Kier molecular flexibility index (Phi) is 4.45. The van der Waals surface area contributed by atoms with Crippen LogP contribution in [-0.2, 0) is 0 Å². The number of benzene rings is 1. The highest BCUT2D eigenvalue weighted by Crippen LogP contribution is 2.26. The first-order valence-electron chi connectivity index (χ1n) is 5.21. The van der Waals surface area contributed by atoms with E-state index >= 15 is 0 Å². The molecular formula is C11H13ClN2O3. The molecule has 1 amide bonds. The van der Waals surface area contributed by atoms with Crippen LogP contribution in [0.15, 0.2) is 18.2 Å². The highest BCUT2D eigenvalue weighted by molar-refractivity contribution is 6.34. The monoisotopic (exact) mass is 256 g/mol. The fourth-order valence-corrected chi connectivity index (χ4v) is 1.54. The summed E-state index contributed by atoms with van der Waals surface area (Å²) in [5.74, 6) is -0.517. The summed E-state index contributed by atoms with van der Waals surface area (Å²) >= 11 is 5.83. The number of hydrogen-bond acceptors (Lipinski definition) is 3. The van der Waals surface area contributed by atoms with Crippen LogP contribution in [0.2, 0.25) is 5.02 Å². The van der Waals surface area contributed by atoms with Crippen molar-refractivity contribution in [3.05, 3.63) is 38.9 Å². The van der Waals surface area contributed by atoms with E-state index in [1.165, 1.54) is 18.2 Å². The SMILES string of the molecule is CCC(C)NC(=O)c1c(Cl)cccc1[N+](=O)[O-]. The van der Waals surface area contributed by atoms with E-state index < -0.39 is 10.8 Å². The third-order valence-corrected chi connectivity index (χ3v) is 2.72. The average Bonchev–Trinajstić information content (AvgIpc) is 2.28. The number of nitrogens with zero attached hydrogens (tertiary/aromatic N) is 1. The molecule has 0 saturated carbocycles. The fraction of sp³-hybridized carbons (Fsp3) is 0.364. The molecular weight excluding hydrogens is 244 g/mol. The van der Waals surface area contributed by atoms with Crippen LogP contribution < -0.4 is 5.32 Å². The van der Waals surface area contributed by atoms with Crippen LogP contribution in [0, 0.1) is 10.1 Å². The van der Waals surface area contributed by atoms with Gasteiger partial charge in [-0.15, -0.1) is 0 Å². The van der Waals surface area contributed by atoms with Gasteiger partial charge in [0, 0.05) is 12.1 Å². The van der Waals surface area contributed by atoms with Gasteiger partial charge >= 0.3 is 0 Å². The van der Waals surface area contributed by atoms with Gasteiger partial charge in [-0.1, -0.05) is 24.6 Å². The van der Waals surface area contributed by atoms with Gasteiger partial charge in [-0.25, -0.2) is 0 Å². The van der Waals surface area contributed by atoms with Gasteiger partial charge in [0.15, 0.2) is 0 Å². The van der Waals surface area contributed by atoms with Crippen LogP contribution in [0.25, 0.3) is 0 Å². The van der Waals surface area contributed by atoms with Gasteiger partial charge in [-0.2, -0.15) is 0 Å². The number of nitrogens with one attached hydrogen (secondary N) is 1. The molecule has 1 N–H and O–H groups in total. The number of rotatable bonds is 4. The minimum Gasteiger partial charge on any atom is -0.349 e. The van der Waals surface area contributed by atoms with Crippen molar-refractivity contribution in [1.29, 1.82) is 0 Å². The van der Waals surface area contributed by atoms with Crippen molar-refractivity contribution in [3.63, 3.8) is 0 Å².